The largest absolute Gasteiger partial charge is 0.598 e. The second-order valence-electron chi connectivity index (χ2n) is 11.4. The van der Waals surface area contributed by atoms with E-state index in [1.165, 1.54) is 4.31 Å². The van der Waals surface area contributed by atoms with Crippen LogP contribution in [0.5, 0.6) is 0 Å². The first-order valence-corrected chi connectivity index (χ1v) is 15.7. The second kappa shape index (κ2) is 11.6. The highest BCUT2D eigenvalue weighted by molar-refractivity contribution is 7.90. The normalized spacial score (nSPS) is 26.4. The molecule has 2 unspecified atom stereocenters. The summed E-state index contributed by atoms with van der Waals surface area (Å²) in [5.74, 6) is -4.46. The SMILES string of the molecule is CC(C)(C)[S+]([O-])N[C@H](Cc1cc(F)c(F)cc1F)C1C[C@H]2CC[C@@H](C1)N2C(=O)CS(=O)(=O)N1CCOCC1. The van der Waals surface area contributed by atoms with Crippen LogP contribution in [-0.4, -0.2) is 83.0 Å². The van der Waals surface area contributed by atoms with E-state index in [2.05, 4.69) is 4.72 Å². The van der Waals surface area contributed by atoms with Crippen LogP contribution in [0, 0.1) is 23.4 Å². The Labute approximate surface area is 225 Å². The molecule has 1 amide bonds. The molecule has 3 aliphatic rings. The molecule has 5 atom stereocenters. The Morgan fingerprint density at radius 3 is 2.26 bits per heavy atom. The number of hydrogen-bond donors (Lipinski definition) is 1. The molecule has 1 N–H and O–H groups in total. The lowest BCUT2D eigenvalue weighted by molar-refractivity contribution is -0.133. The smallest absolute Gasteiger partial charge is 0.239 e. The summed E-state index contributed by atoms with van der Waals surface area (Å²) in [6.07, 6.45) is 2.42. The minimum Gasteiger partial charge on any atom is -0.598 e. The van der Waals surface area contributed by atoms with Crippen molar-refractivity contribution in [2.45, 2.75) is 75.7 Å². The summed E-state index contributed by atoms with van der Waals surface area (Å²) in [6, 6.07) is 0.430. The standard InChI is InChI=1S/C25H36F3N3O5S2/c1-25(2,3)37(33)29-23(13-16-12-21(27)22(28)14-20(16)26)17-10-18-4-5-19(11-17)31(18)24(32)15-38(34,35)30-6-8-36-9-7-30/h12,14,17-19,23,29H,4-11,13,15H2,1-3H3/t17?,18-,19+,23-,37?/m1/s1. The zero-order chi connectivity index (χ0) is 27.8. The van der Waals surface area contributed by atoms with Crippen molar-refractivity contribution >= 4 is 27.3 Å². The highest BCUT2D eigenvalue weighted by Gasteiger charge is 2.47. The number of piperidine rings is 1. The van der Waals surface area contributed by atoms with Gasteiger partial charge >= 0.3 is 0 Å². The minimum atomic E-state index is -3.76. The van der Waals surface area contributed by atoms with E-state index in [0.29, 0.717) is 45.0 Å². The van der Waals surface area contributed by atoms with Gasteiger partial charge in [0.2, 0.25) is 15.9 Å². The molecule has 0 radical (unpaired) electrons. The van der Waals surface area contributed by atoms with E-state index >= 15 is 0 Å². The van der Waals surface area contributed by atoms with Crippen LogP contribution in [0.1, 0.15) is 52.0 Å². The molecule has 4 rings (SSSR count). The minimum absolute atomic E-state index is 0.00564. The molecule has 3 saturated heterocycles. The van der Waals surface area contributed by atoms with E-state index in [1.54, 1.807) is 25.7 Å². The van der Waals surface area contributed by atoms with Crippen molar-refractivity contribution in [1.29, 1.82) is 0 Å². The molecule has 0 aliphatic carbocycles. The van der Waals surface area contributed by atoms with Crippen LogP contribution in [0.15, 0.2) is 12.1 Å². The van der Waals surface area contributed by atoms with Crippen molar-refractivity contribution in [3.8, 4) is 0 Å². The molecular formula is C25H36F3N3O5S2. The van der Waals surface area contributed by atoms with Gasteiger partial charge in [0.1, 0.15) is 16.3 Å². The van der Waals surface area contributed by atoms with Crippen molar-refractivity contribution in [3.63, 3.8) is 0 Å². The first-order valence-electron chi connectivity index (χ1n) is 12.9. The van der Waals surface area contributed by atoms with Gasteiger partial charge in [0, 0.05) is 42.6 Å². The summed E-state index contributed by atoms with van der Waals surface area (Å²) >= 11 is -1.51. The average Bonchev–Trinajstić information content (AvgIpc) is 3.11. The molecule has 0 spiro atoms. The molecule has 3 fully saturated rings. The second-order valence-corrected chi connectivity index (χ2v) is 15.3. The van der Waals surface area contributed by atoms with Gasteiger partial charge in [0.15, 0.2) is 11.6 Å². The fraction of sp³-hybridized carbons (Fsp3) is 0.720. The van der Waals surface area contributed by atoms with E-state index in [0.717, 1.165) is 6.07 Å². The quantitative estimate of drug-likeness (QED) is 0.375. The Morgan fingerprint density at radius 1 is 1.11 bits per heavy atom. The zero-order valence-corrected chi connectivity index (χ0v) is 23.6. The summed E-state index contributed by atoms with van der Waals surface area (Å²) in [6.45, 7) is 6.44. The maximum atomic E-state index is 14.5. The van der Waals surface area contributed by atoms with E-state index in [1.807, 2.05) is 0 Å². The molecule has 3 aliphatic heterocycles. The first kappa shape index (κ1) is 29.6. The van der Waals surface area contributed by atoms with Crippen LogP contribution in [0.2, 0.25) is 0 Å². The molecule has 2 bridgehead atoms. The molecule has 3 heterocycles. The maximum Gasteiger partial charge on any atom is 0.239 e. The molecule has 214 valence electrons. The summed E-state index contributed by atoms with van der Waals surface area (Å²) in [7, 11) is -3.76. The fourth-order valence-corrected chi connectivity index (χ4v) is 7.93. The Morgan fingerprint density at radius 2 is 1.68 bits per heavy atom. The number of morpholine rings is 1. The summed E-state index contributed by atoms with van der Waals surface area (Å²) in [5.41, 5.74) is -0.0187. The number of sulfonamides is 1. The Hall–Kier alpha value is -1.38. The van der Waals surface area contributed by atoms with E-state index < -0.39 is 61.3 Å². The van der Waals surface area contributed by atoms with Crippen molar-refractivity contribution in [2.24, 2.45) is 5.92 Å². The van der Waals surface area contributed by atoms with Crippen molar-refractivity contribution in [1.82, 2.24) is 13.9 Å². The number of carbonyl (C=O) groups excluding carboxylic acids is 1. The average molecular weight is 580 g/mol. The van der Waals surface area contributed by atoms with Gasteiger partial charge in [0.05, 0.1) is 19.3 Å². The van der Waals surface area contributed by atoms with Gasteiger partial charge in [-0.05, 0) is 70.4 Å². The van der Waals surface area contributed by atoms with Crippen LogP contribution in [-0.2, 0) is 37.3 Å². The third-order valence-corrected chi connectivity index (χ3v) is 11.0. The third-order valence-electron chi connectivity index (χ3n) is 7.64. The Balaban J connectivity index is 1.50. The number of ether oxygens (including phenoxy) is 1. The zero-order valence-electron chi connectivity index (χ0n) is 21.9. The molecule has 13 heteroatoms. The van der Waals surface area contributed by atoms with E-state index in [-0.39, 0.29) is 43.1 Å². The highest BCUT2D eigenvalue weighted by atomic mass is 32.2. The number of nitrogens with one attached hydrogen (secondary N) is 1. The summed E-state index contributed by atoms with van der Waals surface area (Å²) in [5, 5.41) is 0. The molecule has 0 aromatic heterocycles. The van der Waals surface area contributed by atoms with Crippen LogP contribution in [0.4, 0.5) is 13.2 Å². The van der Waals surface area contributed by atoms with E-state index in [4.69, 9.17) is 4.74 Å². The number of halogens is 3. The van der Waals surface area contributed by atoms with Crippen LogP contribution < -0.4 is 4.72 Å². The van der Waals surface area contributed by atoms with Gasteiger partial charge in [-0.15, -0.1) is 4.72 Å². The highest BCUT2D eigenvalue weighted by Crippen LogP contribution is 2.41. The van der Waals surface area contributed by atoms with Gasteiger partial charge in [-0.3, -0.25) is 4.79 Å². The molecule has 1 aromatic carbocycles. The van der Waals surface area contributed by atoms with Crippen molar-refractivity contribution in [3.05, 3.63) is 35.1 Å². The van der Waals surface area contributed by atoms with Crippen molar-refractivity contribution < 1.29 is 35.7 Å². The van der Waals surface area contributed by atoms with E-state index in [9.17, 15) is 30.9 Å². The number of nitrogens with zero attached hydrogens (tertiary/aromatic N) is 2. The van der Waals surface area contributed by atoms with Gasteiger partial charge in [-0.1, -0.05) is 0 Å². The maximum absolute atomic E-state index is 14.5. The lowest BCUT2D eigenvalue weighted by atomic mass is 9.82. The lowest BCUT2D eigenvalue weighted by Gasteiger charge is -2.42. The lowest BCUT2D eigenvalue weighted by Crippen LogP contribution is -2.55. The van der Waals surface area contributed by atoms with Gasteiger partial charge in [-0.2, -0.15) is 4.31 Å². The summed E-state index contributed by atoms with van der Waals surface area (Å²) < 4.78 is 89.6. The van der Waals surface area contributed by atoms with Gasteiger partial charge in [0.25, 0.3) is 0 Å². The summed E-state index contributed by atoms with van der Waals surface area (Å²) in [4.78, 5) is 14.9. The fourth-order valence-electron chi connectivity index (χ4n) is 5.68. The number of fused-ring (bicyclic) bond motifs is 2. The van der Waals surface area contributed by atoms with Gasteiger partial charge in [-0.25, -0.2) is 21.6 Å². The Bertz CT molecular complexity index is 1110. The van der Waals surface area contributed by atoms with Crippen LogP contribution in [0.3, 0.4) is 0 Å². The molecule has 8 nitrogen and oxygen atoms in total. The van der Waals surface area contributed by atoms with Crippen molar-refractivity contribution in [2.75, 3.05) is 32.1 Å². The van der Waals surface area contributed by atoms with Crippen LogP contribution >= 0.6 is 0 Å². The third kappa shape index (κ3) is 6.67. The van der Waals surface area contributed by atoms with Gasteiger partial charge < -0.3 is 14.2 Å². The number of amides is 1. The topological polar surface area (TPSA) is 102 Å². The molecule has 1 aromatic rings. The number of hydrogen-bond acceptors (Lipinski definition) is 6. The number of benzene rings is 1. The molecular weight excluding hydrogens is 543 g/mol. The number of carbonyl (C=O) groups is 1. The Kier molecular flexibility index (Phi) is 9.05. The predicted octanol–water partition coefficient (Wildman–Crippen LogP) is 2.50. The first-order chi connectivity index (χ1) is 17.8. The molecule has 0 saturated carbocycles. The predicted molar refractivity (Wildman–Crippen MR) is 137 cm³/mol. The van der Waals surface area contributed by atoms with Crippen LogP contribution in [0.25, 0.3) is 0 Å². The monoisotopic (exact) mass is 579 g/mol. The molecule has 38 heavy (non-hydrogen) atoms. The number of rotatable bonds is 8.